The number of benzene rings is 2. The number of fused-ring (bicyclic) bond motifs is 2. The highest BCUT2D eigenvalue weighted by molar-refractivity contribution is 7.81. The van der Waals surface area contributed by atoms with Crippen molar-refractivity contribution in [3.05, 3.63) is 77.2 Å². The minimum atomic E-state index is -1.20. The van der Waals surface area contributed by atoms with Crippen molar-refractivity contribution < 1.29 is 43.5 Å². The van der Waals surface area contributed by atoms with Gasteiger partial charge in [-0.3, -0.25) is 28.9 Å². The van der Waals surface area contributed by atoms with Crippen molar-refractivity contribution in [1.29, 1.82) is 0 Å². The SMILES string of the molecule is CCC.CCCC.CNCC(=O)NC(C)C=O.CNc1ccc(C(=O)NCCCC(NC(=O)c2ccc3c(ccn3Cc3cnc4nc(N)nc(N)c4n3)c2)C(=O)O)c(/C(N)=N/NN)c1.O=CCCCCCN1C(=O)CC(S)C1=O. The van der Waals surface area contributed by atoms with Gasteiger partial charge in [-0.25, -0.2) is 26.1 Å². The minimum Gasteiger partial charge on any atom is -0.480 e. The van der Waals surface area contributed by atoms with Gasteiger partial charge in [-0.2, -0.15) is 22.6 Å². The summed E-state index contributed by atoms with van der Waals surface area (Å²) in [5, 5.41) is 27.2. The van der Waals surface area contributed by atoms with Crippen LogP contribution in [0.25, 0.3) is 22.1 Å². The Labute approximate surface area is 471 Å². The Hall–Kier alpha value is -8.30. The number of aromatic nitrogens is 5. The number of thiol groups is 1. The maximum absolute atomic E-state index is 13.1. The van der Waals surface area contributed by atoms with E-state index in [-0.39, 0.29) is 84.8 Å². The number of carbonyl (C=O) groups excluding carboxylic acids is 7. The predicted octanol–water partition coefficient (Wildman–Crippen LogP) is 3.04. The third-order valence-electron chi connectivity index (χ3n) is 11.3. The molecule has 3 unspecified atom stereocenters. The predicted molar refractivity (Wildman–Crippen MR) is 312 cm³/mol. The zero-order chi connectivity index (χ0) is 59.7. The van der Waals surface area contributed by atoms with Crippen molar-refractivity contribution in [2.24, 2.45) is 16.7 Å². The first-order valence-electron chi connectivity index (χ1n) is 26.2. The van der Waals surface area contributed by atoms with Gasteiger partial charge in [-0.1, -0.05) is 53.4 Å². The van der Waals surface area contributed by atoms with Crippen LogP contribution in [-0.4, -0.2) is 139 Å². The lowest BCUT2D eigenvalue weighted by molar-refractivity contribution is -0.140. The molecule has 0 spiro atoms. The number of aldehydes is 2. The van der Waals surface area contributed by atoms with Crippen LogP contribution in [0.3, 0.4) is 0 Å². The number of nitrogens with zero attached hydrogens (tertiary/aromatic N) is 7. The molecule has 436 valence electrons. The summed E-state index contributed by atoms with van der Waals surface area (Å²) in [5.74, 6) is 2.73. The molecule has 0 radical (unpaired) electrons. The average Bonchev–Trinajstić information content (AvgIpc) is 3.98. The fourth-order valence-corrected chi connectivity index (χ4v) is 7.42. The second-order valence-electron chi connectivity index (χ2n) is 18.0. The zero-order valence-corrected chi connectivity index (χ0v) is 47.5. The van der Waals surface area contributed by atoms with Gasteiger partial charge >= 0.3 is 5.97 Å². The van der Waals surface area contributed by atoms with Crippen LogP contribution in [0.1, 0.15) is 131 Å². The second kappa shape index (κ2) is 36.7. The number of anilines is 3. The summed E-state index contributed by atoms with van der Waals surface area (Å²) in [5.41, 5.74) is 23.3. The topological polar surface area (TPSA) is 405 Å². The molecule has 0 aliphatic carbocycles. The fraction of sp³-hybridized carbons (Fsp3) is 0.453. The molecule has 26 nitrogen and oxygen atoms in total. The molecule has 0 saturated carbocycles. The summed E-state index contributed by atoms with van der Waals surface area (Å²) in [6, 6.07) is 10.2. The summed E-state index contributed by atoms with van der Waals surface area (Å²) in [6.45, 7) is 11.5. The Kier molecular flexibility index (Phi) is 31.1. The van der Waals surface area contributed by atoms with E-state index >= 15 is 0 Å². The van der Waals surface area contributed by atoms with Gasteiger partial charge in [0.05, 0.1) is 41.8 Å². The van der Waals surface area contributed by atoms with Gasteiger partial charge in [0.2, 0.25) is 23.7 Å². The number of hydrazine groups is 1. The van der Waals surface area contributed by atoms with Crippen LogP contribution < -0.4 is 55.2 Å². The molecule has 1 saturated heterocycles. The fourth-order valence-electron chi connectivity index (χ4n) is 7.13. The van der Waals surface area contributed by atoms with Gasteiger partial charge in [-0.15, -0.1) is 5.10 Å². The lowest BCUT2D eigenvalue weighted by atomic mass is 10.0. The van der Waals surface area contributed by atoms with Gasteiger partial charge in [-0.05, 0) is 82.1 Å². The van der Waals surface area contributed by atoms with E-state index in [2.05, 4.69) is 97.5 Å². The quantitative estimate of drug-likeness (QED) is 0.00617. The van der Waals surface area contributed by atoms with Gasteiger partial charge < -0.3 is 63.0 Å². The van der Waals surface area contributed by atoms with Crippen LogP contribution in [0.15, 0.2) is 60.0 Å². The van der Waals surface area contributed by atoms with Crippen molar-refractivity contribution >= 4 is 106 Å². The van der Waals surface area contributed by atoms with E-state index in [0.717, 1.165) is 36.5 Å². The molecule has 5 aromatic rings. The Bertz CT molecular complexity index is 2860. The third kappa shape index (κ3) is 22.6. The molecule has 2 aromatic carbocycles. The van der Waals surface area contributed by atoms with Gasteiger partial charge in [0.25, 0.3) is 11.8 Å². The molecular weight excluding hydrogens is 1050 g/mol. The van der Waals surface area contributed by atoms with Crippen molar-refractivity contribution in [3.8, 4) is 0 Å². The summed E-state index contributed by atoms with van der Waals surface area (Å²) in [6.07, 6.45) is 12.4. The number of rotatable bonds is 24. The first-order chi connectivity index (χ1) is 38.3. The number of nitrogens with two attached hydrogens (primary N) is 4. The second-order valence-corrected chi connectivity index (χ2v) is 18.6. The number of likely N-dealkylation sites (tertiary alicyclic amines) is 1. The van der Waals surface area contributed by atoms with E-state index in [4.69, 9.17) is 23.0 Å². The summed E-state index contributed by atoms with van der Waals surface area (Å²) in [7, 11) is 3.39. The van der Waals surface area contributed by atoms with Gasteiger partial charge in [0.1, 0.15) is 18.6 Å². The summed E-state index contributed by atoms with van der Waals surface area (Å²) in [4.78, 5) is 109. The third-order valence-corrected chi connectivity index (χ3v) is 11.7. The number of hydrogen-bond donors (Lipinski definition) is 12. The number of carboxylic acid groups (broad SMARTS) is 1. The first kappa shape index (κ1) is 67.8. The number of nitrogen functional groups attached to an aromatic ring is 2. The lowest BCUT2D eigenvalue weighted by Crippen LogP contribution is -2.41. The largest absolute Gasteiger partial charge is 0.480 e. The van der Waals surface area contributed by atoms with Gasteiger partial charge in [0.15, 0.2) is 22.8 Å². The number of amidine groups is 1. The van der Waals surface area contributed by atoms with Crippen LogP contribution in [-0.2, 0) is 35.3 Å². The minimum absolute atomic E-state index is 0.00912. The number of likely N-dealkylation sites (N-methyl/N-ethyl adjacent to an activating group) is 1. The number of nitrogens with one attached hydrogen (secondary N) is 6. The van der Waals surface area contributed by atoms with Crippen molar-refractivity contribution in [3.63, 3.8) is 0 Å². The number of aliphatic carboxylic acids is 1. The van der Waals surface area contributed by atoms with Crippen LogP contribution in [0, 0.1) is 0 Å². The molecule has 80 heavy (non-hydrogen) atoms. The molecule has 5 amide bonds. The Balaban J connectivity index is 0.000000553. The van der Waals surface area contributed by atoms with E-state index in [9.17, 15) is 43.5 Å². The van der Waals surface area contributed by atoms with Gasteiger partial charge in [0, 0.05) is 66.9 Å². The van der Waals surface area contributed by atoms with Crippen LogP contribution >= 0.6 is 12.6 Å². The molecule has 1 aliphatic heterocycles. The average molecular weight is 1130 g/mol. The number of unbranched alkanes of at least 4 members (excludes halogenated alkanes) is 4. The van der Waals surface area contributed by atoms with E-state index in [1.54, 1.807) is 63.6 Å². The van der Waals surface area contributed by atoms with Crippen LogP contribution in [0.5, 0.6) is 0 Å². The molecule has 27 heteroatoms. The van der Waals surface area contributed by atoms with E-state index in [1.165, 1.54) is 24.2 Å². The standard InChI is InChI=1S/C30H34N14O4.C10H15NO3S.C6H12N2O2.C4H10.C3H8/c1-35-17-5-6-19(20(12-17)24(31)42-43-34)28(46)36-9-2-3-21(29(47)48)39-27(45)16-4-7-22-15(11-16)8-10-44(22)14-18-13-37-26-23(38-18)25(32)40-30(33)41-26;12-6-4-2-1-3-5-11-9(13)7-8(15)10(11)14;1-5(4-9)8-6(10)3-7-2;1-3-4-2;1-3-2/h4-8,10-13,21,35,43H,2-3,9,14,34H2,1H3,(H2,31,42)(H,36,46)(H,39,45)(H,47,48)(H4,32,33,37,40,41);6,8,15H,1-5,7H2;4-5,7H,3H2,1-2H3,(H,8,10);3-4H2,1-2H3;3H2,1-2H3. The maximum Gasteiger partial charge on any atom is 0.326 e. The van der Waals surface area contributed by atoms with Crippen molar-refractivity contribution in [2.75, 3.05) is 50.5 Å². The Morgan fingerprint density at radius 1 is 0.912 bits per heavy atom. The van der Waals surface area contributed by atoms with Crippen LogP contribution in [0.2, 0.25) is 0 Å². The number of hydrazone groups is 1. The molecule has 3 aromatic heterocycles. The molecule has 6 rings (SSSR count). The zero-order valence-electron chi connectivity index (χ0n) is 46.6. The first-order valence-corrected chi connectivity index (χ1v) is 26.7. The van der Waals surface area contributed by atoms with Crippen LogP contribution in [0.4, 0.5) is 17.5 Å². The highest BCUT2D eigenvalue weighted by atomic mass is 32.1. The maximum atomic E-state index is 13.1. The number of hydrogen-bond acceptors (Lipinski definition) is 20. The molecule has 15 N–H and O–H groups in total. The molecule has 3 atom stereocenters. The monoisotopic (exact) mass is 1130 g/mol. The highest BCUT2D eigenvalue weighted by Crippen LogP contribution is 2.22. The van der Waals surface area contributed by atoms with E-state index < -0.39 is 29.1 Å². The molecule has 1 fully saturated rings. The molecule has 4 heterocycles. The van der Waals surface area contributed by atoms with E-state index in [0.29, 0.717) is 53.9 Å². The normalized spacial score (nSPS) is 13.3. The lowest BCUT2D eigenvalue weighted by Gasteiger charge is -2.15. The number of carbonyl (C=O) groups is 8. The number of amides is 5. The molecular formula is C53H79N17O9S. The smallest absolute Gasteiger partial charge is 0.326 e. The number of imide groups is 1. The summed E-state index contributed by atoms with van der Waals surface area (Å²) < 4.78 is 1.92. The molecule has 1 aliphatic rings. The Morgan fingerprint density at radius 2 is 1.62 bits per heavy atom. The Morgan fingerprint density at radius 3 is 2.23 bits per heavy atom. The summed E-state index contributed by atoms with van der Waals surface area (Å²) >= 11 is 4.03. The van der Waals surface area contributed by atoms with E-state index in [1.807, 2.05) is 16.8 Å². The van der Waals surface area contributed by atoms with Crippen molar-refractivity contribution in [2.45, 2.75) is 123 Å². The van der Waals surface area contributed by atoms with Crippen molar-refractivity contribution in [1.82, 2.24) is 56.2 Å². The number of carboxylic acids is 1. The highest BCUT2D eigenvalue weighted by Gasteiger charge is 2.35. The molecule has 0 bridgehead atoms.